The first kappa shape index (κ1) is 9.13. The molecule has 7 heteroatoms. The molecule has 0 bridgehead atoms. The fourth-order valence-corrected chi connectivity index (χ4v) is 0.955. The highest BCUT2D eigenvalue weighted by atomic mass is 16.6. The van der Waals surface area contributed by atoms with Crippen molar-refractivity contribution in [1.82, 2.24) is 9.89 Å². The van der Waals surface area contributed by atoms with E-state index in [4.69, 9.17) is 4.42 Å². The summed E-state index contributed by atoms with van der Waals surface area (Å²) in [6.45, 7) is 0. The van der Waals surface area contributed by atoms with Crippen molar-refractivity contribution in [3.05, 3.63) is 46.5 Å². The minimum atomic E-state index is -0.606. The minimum absolute atomic E-state index is 0.303. The van der Waals surface area contributed by atoms with E-state index in [0.717, 1.165) is 0 Å². The van der Waals surface area contributed by atoms with Gasteiger partial charge in [0, 0.05) is 0 Å². The SMILES string of the molecule is O=[N+]([O-])c1ccc(/C=N\n2cccn2)o1. The van der Waals surface area contributed by atoms with Crippen LogP contribution in [-0.2, 0) is 0 Å². The zero-order chi connectivity index (χ0) is 10.7. The smallest absolute Gasteiger partial charge is 0.400 e. The summed E-state index contributed by atoms with van der Waals surface area (Å²) < 4.78 is 4.85. The Bertz CT molecular complexity index is 486. The second-order valence-electron chi connectivity index (χ2n) is 2.60. The zero-order valence-corrected chi connectivity index (χ0v) is 7.48. The number of hydrogen-bond donors (Lipinski definition) is 0. The van der Waals surface area contributed by atoms with Crippen LogP contribution in [0, 0.1) is 10.1 Å². The minimum Gasteiger partial charge on any atom is -0.400 e. The van der Waals surface area contributed by atoms with Crippen molar-refractivity contribution in [2.24, 2.45) is 5.10 Å². The number of hydrogen-bond acceptors (Lipinski definition) is 5. The molecule has 0 aliphatic heterocycles. The lowest BCUT2D eigenvalue weighted by Gasteiger charge is -1.87. The van der Waals surface area contributed by atoms with Gasteiger partial charge in [0.05, 0.1) is 24.7 Å². The lowest BCUT2D eigenvalue weighted by Crippen LogP contribution is -1.89. The van der Waals surface area contributed by atoms with Crippen LogP contribution in [0.15, 0.2) is 40.1 Å². The normalized spacial score (nSPS) is 10.9. The molecule has 2 aromatic heterocycles. The molecule has 0 saturated carbocycles. The monoisotopic (exact) mass is 206 g/mol. The molecule has 76 valence electrons. The molecular weight excluding hydrogens is 200 g/mol. The number of nitro groups is 1. The molecule has 0 amide bonds. The molecule has 0 spiro atoms. The van der Waals surface area contributed by atoms with E-state index in [1.807, 2.05) is 0 Å². The van der Waals surface area contributed by atoms with Crippen LogP contribution in [0.1, 0.15) is 5.76 Å². The maximum atomic E-state index is 10.3. The Kier molecular flexibility index (Phi) is 2.28. The molecule has 0 aliphatic rings. The number of furan rings is 1. The standard InChI is InChI=1S/C8H6N4O3/c13-12(14)8-3-2-7(15-8)6-10-11-5-1-4-9-11/h1-6H/b10-6-. The second kappa shape index (κ2) is 3.74. The predicted octanol–water partition coefficient (Wildman–Crippen LogP) is 1.27. The Morgan fingerprint density at radius 2 is 2.47 bits per heavy atom. The molecule has 0 atom stereocenters. The Hall–Kier alpha value is -2.44. The molecule has 0 radical (unpaired) electrons. The molecule has 0 aromatic carbocycles. The van der Waals surface area contributed by atoms with Gasteiger partial charge in [-0.15, -0.1) is 0 Å². The van der Waals surface area contributed by atoms with Gasteiger partial charge in [-0.2, -0.15) is 15.0 Å². The lowest BCUT2D eigenvalue weighted by atomic mass is 10.5. The van der Waals surface area contributed by atoms with Crippen LogP contribution in [0.3, 0.4) is 0 Å². The van der Waals surface area contributed by atoms with Gasteiger partial charge in [-0.3, -0.25) is 10.1 Å². The number of rotatable bonds is 3. The van der Waals surface area contributed by atoms with Crippen LogP contribution >= 0.6 is 0 Å². The molecule has 0 fully saturated rings. The van der Waals surface area contributed by atoms with E-state index in [1.54, 1.807) is 18.5 Å². The third-order valence-corrected chi connectivity index (χ3v) is 1.59. The van der Waals surface area contributed by atoms with Gasteiger partial charge >= 0.3 is 5.88 Å². The number of aromatic nitrogens is 2. The van der Waals surface area contributed by atoms with Crippen molar-refractivity contribution in [3.8, 4) is 0 Å². The maximum Gasteiger partial charge on any atom is 0.433 e. The summed E-state index contributed by atoms with van der Waals surface area (Å²) in [5.41, 5.74) is 0. The molecule has 0 aliphatic carbocycles. The van der Waals surface area contributed by atoms with Crippen LogP contribution in [0.25, 0.3) is 0 Å². The Labute approximate surface area is 83.8 Å². The van der Waals surface area contributed by atoms with Crippen LogP contribution in [0.5, 0.6) is 0 Å². The van der Waals surface area contributed by atoms with Gasteiger partial charge < -0.3 is 4.42 Å². The molecule has 7 nitrogen and oxygen atoms in total. The van der Waals surface area contributed by atoms with Crippen molar-refractivity contribution in [2.45, 2.75) is 0 Å². The Morgan fingerprint density at radius 3 is 3.07 bits per heavy atom. The molecule has 15 heavy (non-hydrogen) atoms. The summed E-state index contributed by atoms with van der Waals surface area (Å²) in [5.74, 6) is -0.00545. The van der Waals surface area contributed by atoms with E-state index in [0.29, 0.717) is 5.76 Å². The fourth-order valence-electron chi connectivity index (χ4n) is 0.955. The lowest BCUT2D eigenvalue weighted by molar-refractivity contribution is -0.402. The summed E-state index contributed by atoms with van der Waals surface area (Å²) in [7, 11) is 0. The molecule has 0 unspecified atom stereocenters. The molecular formula is C8H6N4O3. The average molecular weight is 206 g/mol. The van der Waals surface area contributed by atoms with E-state index in [9.17, 15) is 10.1 Å². The van der Waals surface area contributed by atoms with Crippen molar-refractivity contribution in [1.29, 1.82) is 0 Å². The van der Waals surface area contributed by atoms with E-state index < -0.39 is 4.92 Å². The van der Waals surface area contributed by atoms with E-state index in [2.05, 4.69) is 10.2 Å². The highest BCUT2D eigenvalue weighted by molar-refractivity contribution is 5.76. The van der Waals surface area contributed by atoms with Crippen molar-refractivity contribution < 1.29 is 9.34 Å². The van der Waals surface area contributed by atoms with Crippen molar-refractivity contribution in [2.75, 3.05) is 0 Å². The summed E-state index contributed by atoms with van der Waals surface area (Å²) in [6.07, 6.45) is 4.55. The van der Waals surface area contributed by atoms with Gasteiger partial charge in [0.15, 0.2) is 5.76 Å². The molecule has 2 rings (SSSR count). The molecule has 2 heterocycles. The summed E-state index contributed by atoms with van der Waals surface area (Å²) in [5, 5.41) is 18.0. The van der Waals surface area contributed by atoms with Crippen molar-refractivity contribution >= 4 is 12.1 Å². The Morgan fingerprint density at radius 1 is 1.60 bits per heavy atom. The summed E-state index contributed by atoms with van der Waals surface area (Å²) >= 11 is 0. The third-order valence-electron chi connectivity index (χ3n) is 1.59. The predicted molar refractivity (Wildman–Crippen MR) is 50.6 cm³/mol. The zero-order valence-electron chi connectivity index (χ0n) is 7.48. The quantitative estimate of drug-likeness (QED) is 0.429. The van der Waals surface area contributed by atoms with Gasteiger partial charge in [0.25, 0.3) is 0 Å². The van der Waals surface area contributed by atoms with Crippen LogP contribution in [0.2, 0.25) is 0 Å². The largest absolute Gasteiger partial charge is 0.433 e. The van der Waals surface area contributed by atoms with E-state index in [1.165, 1.54) is 23.1 Å². The van der Waals surface area contributed by atoms with E-state index in [-0.39, 0.29) is 5.88 Å². The molecule has 0 saturated heterocycles. The first-order chi connectivity index (χ1) is 7.25. The van der Waals surface area contributed by atoms with Gasteiger partial charge in [-0.1, -0.05) is 0 Å². The van der Waals surface area contributed by atoms with Crippen molar-refractivity contribution in [3.63, 3.8) is 0 Å². The highest BCUT2D eigenvalue weighted by Gasteiger charge is 2.09. The van der Waals surface area contributed by atoms with Gasteiger partial charge in [0.2, 0.25) is 0 Å². The van der Waals surface area contributed by atoms with E-state index >= 15 is 0 Å². The fraction of sp³-hybridized carbons (Fsp3) is 0. The highest BCUT2D eigenvalue weighted by Crippen LogP contribution is 2.13. The first-order valence-corrected chi connectivity index (χ1v) is 4.04. The third kappa shape index (κ3) is 2.08. The topological polar surface area (TPSA) is 86.5 Å². The number of nitrogens with zero attached hydrogens (tertiary/aromatic N) is 4. The second-order valence-corrected chi connectivity index (χ2v) is 2.60. The van der Waals surface area contributed by atoms with Gasteiger partial charge in [-0.25, -0.2) is 0 Å². The van der Waals surface area contributed by atoms with Crippen LogP contribution in [0.4, 0.5) is 5.88 Å². The molecule has 0 N–H and O–H groups in total. The summed E-state index contributed by atoms with van der Waals surface area (Å²) in [4.78, 5) is 11.0. The van der Waals surface area contributed by atoms with Crippen LogP contribution < -0.4 is 0 Å². The Balaban J connectivity index is 2.14. The van der Waals surface area contributed by atoms with Crippen LogP contribution in [-0.4, -0.2) is 21.0 Å². The molecule has 2 aromatic rings. The average Bonchev–Trinajstić information content (AvgIpc) is 2.86. The van der Waals surface area contributed by atoms with Gasteiger partial charge in [0.1, 0.15) is 4.92 Å². The van der Waals surface area contributed by atoms with Gasteiger partial charge in [-0.05, 0) is 12.1 Å². The first-order valence-electron chi connectivity index (χ1n) is 4.04. The summed E-state index contributed by atoms with van der Waals surface area (Å²) in [6, 6.07) is 4.44. The maximum absolute atomic E-state index is 10.3.